The molecule has 0 heterocycles. The van der Waals surface area contributed by atoms with E-state index in [2.05, 4.69) is 0 Å². The van der Waals surface area contributed by atoms with Crippen LogP contribution in [0.4, 0.5) is 0 Å². The predicted octanol–water partition coefficient (Wildman–Crippen LogP) is 3.13. The molecule has 21 heavy (non-hydrogen) atoms. The standard InChI is InChI=1S/C16H29NO4/c18-15(19)12-17(13-16(20)21)14-10-8-6-4-2-1-3-5-7-9-11-14/h14H,1-13H2,(H,18,19)(H,20,21). The van der Waals surface area contributed by atoms with Crippen molar-refractivity contribution < 1.29 is 19.8 Å². The maximum atomic E-state index is 11.0. The Bertz CT molecular complexity index is 291. The zero-order valence-electron chi connectivity index (χ0n) is 12.9. The second-order valence-corrected chi connectivity index (χ2v) is 6.11. The van der Waals surface area contributed by atoms with Gasteiger partial charge in [0.2, 0.25) is 0 Å². The number of aliphatic carboxylic acids is 2. The van der Waals surface area contributed by atoms with Gasteiger partial charge in [-0.05, 0) is 12.8 Å². The second-order valence-electron chi connectivity index (χ2n) is 6.11. The van der Waals surface area contributed by atoms with E-state index < -0.39 is 11.9 Å². The van der Waals surface area contributed by atoms with Crippen molar-refractivity contribution in [3.05, 3.63) is 0 Å². The Morgan fingerprint density at radius 2 is 1.05 bits per heavy atom. The van der Waals surface area contributed by atoms with Crippen molar-refractivity contribution in [1.29, 1.82) is 0 Å². The Hall–Kier alpha value is -1.10. The van der Waals surface area contributed by atoms with E-state index in [0.29, 0.717) is 0 Å². The zero-order chi connectivity index (χ0) is 15.5. The largest absolute Gasteiger partial charge is 0.480 e. The molecule has 0 radical (unpaired) electrons. The summed E-state index contributed by atoms with van der Waals surface area (Å²) in [6.07, 6.45) is 12.7. The van der Waals surface area contributed by atoms with Crippen LogP contribution in [-0.4, -0.2) is 46.2 Å². The summed E-state index contributed by atoms with van der Waals surface area (Å²) in [5.74, 6) is -1.88. The van der Waals surface area contributed by atoms with Gasteiger partial charge in [-0.25, -0.2) is 0 Å². The summed E-state index contributed by atoms with van der Waals surface area (Å²) in [6.45, 7) is -0.339. The van der Waals surface area contributed by atoms with E-state index in [1.807, 2.05) is 0 Å². The molecule has 2 N–H and O–H groups in total. The van der Waals surface area contributed by atoms with Crippen molar-refractivity contribution in [2.45, 2.75) is 76.7 Å². The fraction of sp³-hybridized carbons (Fsp3) is 0.875. The number of carbonyl (C=O) groups is 2. The van der Waals surface area contributed by atoms with Gasteiger partial charge < -0.3 is 10.2 Å². The third-order valence-corrected chi connectivity index (χ3v) is 4.27. The van der Waals surface area contributed by atoms with Crippen LogP contribution < -0.4 is 0 Å². The maximum Gasteiger partial charge on any atom is 0.317 e. The summed E-state index contributed by atoms with van der Waals surface area (Å²) >= 11 is 0. The summed E-state index contributed by atoms with van der Waals surface area (Å²) in [5.41, 5.74) is 0. The van der Waals surface area contributed by atoms with Crippen LogP contribution in [0.25, 0.3) is 0 Å². The maximum absolute atomic E-state index is 11.0. The van der Waals surface area contributed by atoms with Crippen LogP contribution in [0.2, 0.25) is 0 Å². The number of rotatable bonds is 5. The van der Waals surface area contributed by atoms with Gasteiger partial charge in [-0.2, -0.15) is 0 Å². The predicted molar refractivity (Wildman–Crippen MR) is 81.4 cm³/mol. The summed E-state index contributed by atoms with van der Waals surface area (Å²) in [6, 6.07) is 0.0941. The highest BCUT2D eigenvalue weighted by molar-refractivity contribution is 5.72. The molecule has 0 amide bonds. The van der Waals surface area contributed by atoms with E-state index in [1.165, 1.54) is 44.9 Å². The first-order chi connectivity index (χ1) is 10.1. The normalized spacial score (nSPS) is 19.7. The Morgan fingerprint density at radius 1 is 0.714 bits per heavy atom. The second kappa shape index (κ2) is 10.6. The quantitative estimate of drug-likeness (QED) is 0.815. The van der Waals surface area contributed by atoms with Crippen molar-refractivity contribution in [2.75, 3.05) is 13.1 Å². The molecule has 0 aromatic heterocycles. The molecular formula is C16H29NO4. The minimum absolute atomic E-state index is 0.0941. The number of hydrogen-bond acceptors (Lipinski definition) is 3. The Labute approximate surface area is 127 Å². The van der Waals surface area contributed by atoms with Crippen LogP contribution in [0.3, 0.4) is 0 Å². The summed E-state index contributed by atoms with van der Waals surface area (Å²) in [5, 5.41) is 18.0. The molecule has 5 heteroatoms. The van der Waals surface area contributed by atoms with Gasteiger partial charge in [0.25, 0.3) is 0 Å². The van der Waals surface area contributed by atoms with Crippen LogP contribution in [0, 0.1) is 0 Å². The number of hydrogen-bond donors (Lipinski definition) is 2. The highest BCUT2D eigenvalue weighted by atomic mass is 16.4. The van der Waals surface area contributed by atoms with Gasteiger partial charge in [0, 0.05) is 6.04 Å². The minimum Gasteiger partial charge on any atom is -0.480 e. The number of carboxylic acid groups (broad SMARTS) is 2. The van der Waals surface area contributed by atoms with E-state index in [0.717, 1.165) is 25.7 Å². The first kappa shape index (κ1) is 18.0. The summed E-state index contributed by atoms with van der Waals surface area (Å²) in [7, 11) is 0. The topological polar surface area (TPSA) is 77.8 Å². The molecule has 1 fully saturated rings. The van der Waals surface area contributed by atoms with Gasteiger partial charge in [-0.1, -0.05) is 57.8 Å². The molecule has 1 aliphatic carbocycles. The van der Waals surface area contributed by atoms with Crippen LogP contribution in [0.1, 0.15) is 70.6 Å². The molecule has 0 bridgehead atoms. The van der Waals surface area contributed by atoms with Gasteiger partial charge >= 0.3 is 11.9 Å². The first-order valence-electron chi connectivity index (χ1n) is 8.27. The minimum atomic E-state index is -0.942. The molecule has 0 saturated heterocycles. The van der Waals surface area contributed by atoms with Crippen LogP contribution in [-0.2, 0) is 9.59 Å². The van der Waals surface area contributed by atoms with Crippen LogP contribution >= 0.6 is 0 Å². The molecule has 0 aromatic rings. The lowest BCUT2D eigenvalue weighted by molar-refractivity contribution is -0.143. The van der Waals surface area contributed by atoms with Crippen molar-refractivity contribution in [1.82, 2.24) is 4.90 Å². The van der Waals surface area contributed by atoms with E-state index >= 15 is 0 Å². The van der Waals surface area contributed by atoms with E-state index in [-0.39, 0.29) is 19.1 Å². The highest BCUT2D eigenvalue weighted by Crippen LogP contribution is 2.20. The fourth-order valence-electron chi connectivity index (χ4n) is 3.17. The lowest BCUT2D eigenvalue weighted by Crippen LogP contribution is -2.42. The molecule has 0 atom stereocenters. The number of carboxylic acids is 2. The summed E-state index contributed by atoms with van der Waals surface area (Å²) in [4.78, 5) is 23.6. The van der Waals surface area contributed by atoms with E-state index in [9.17, 15) is 9.59 Å². The molecular weight excluding hydrogens is 270 g/mol. The molecule has 1 aliphatic rings. The first-order valence-corrected chi connectivity index (χ1v) is 8.27. The third kappa shape index (κ3) is 8.71. The SMILES string of the molecule is O=C(O)CN(CC(=O)O)C1CCCCCCCCCCC1. The average molecular weight is 299 g/mol. The average Bonchev–Trinajstić information content (AvgIpc) is 2.37. The Kier molecular flexibility index (Phi) is 9.06. The van der Waals surface area contributed by atoms with Gasteiger partial charge in [0.1, 0.15) is 0 Å². The number of nitrogens with zero attached hydrogens (tertiary/aromatic N) is 1. The lowest BCUT2D eigenvalue weighted by atomic mass is 9.97. The highest BCUT2D eigenvalue weighted by Gasteiger charge is 2.22. The molecule has 0 spiro atoms. The van der Waals surface area contributed by atoms with Crippen molar-refractivity contribution in [3.8, 4) is 0 Å². The van der Waals surface area contributed by atoms with Crippen LogP contribution in [0.5, 0.6) is 0 Å². The zero-order valence-corrected chi connectivity index (χ0v) is 12.9. The van der Waals surface area contributed by atoms with Crippen molar-refractivity contribution >= 4 is 11.9 Å². The van der Waals surface area contributed by atoms with Crippen LogP contribution in [0.15, 0.2) is 0 Å². The molecule has 122 valence electrons. The van der Waals surface area contributed by atoms with Gasteiger partial charge in [0.15, 0.2) is 0 Å². The fourth-order valence-corrected chi connectivity index (χ4v) is 3.17. The Morgan fingerprint density at radius 3 is 1.38 bits per heavy atom. The van der Waals surface area contributed by atoms with Crippen molar-refractivity contribution in [3.63, 3.8) is 0 Å². The smallest absolute Gasteiger partial charge is 0.317 e. The monoisotopic (exact) mass is 299 g/mol. The molecule has 0 aromatic carbocycles. The third-order valence-electron chi connectivity index (χ3n) is 4.27. The molecule has 5 nitrogen and oxygen atoms in total. The molecule has 0 unspecified atom stereocenters. The summed E-state index contributed by atoms with van der Waals surface area (Å²) < 4.78 is 0. The Balaban J connectivity index is 2.59. The van der Waals surface area contributed by atoms with Gasteiger partial charge in [-0.15, -0.1) is 0 Å². The van der Waals surface area contributed by atoms with Gasteiger partial charge in [-0.3, -0.25) is 14.5 Å². The van der Waals surface area contributed by atoms with Gasteiger partial charge in [0.05, 0.1) is 13.1 Å². The molecule has 1 saturated carbocycles. The lowest BCUT2D eigenvalue weighted by Gasteiger charge is -2.29. The van der Waals surface area contributed by atoms with Crippen molar-refractivity contribution in [2.24, 2.45) is 0 Å². The van der Waals surface area contributed by atoms with E-state index in [1.54, 1.807) is 4.90 Å². The molecule has 1 rings (SSSR count). The molecule has 0 aliphatic heterocycles. The van der Waals surface area contributed by atoms with E-state index in [4.69, 9.17) is 10.2 Å².